The molecule has 0 saturated carbocycles. The molecule has 0 radical (unpaired) electrons. The van der Waals surface area contributed by atoms with Gasteiger partial charge in [0, 0.05) is 6.42 Å². The van der Waals surface area contributed by atoms with E-state index in [9.17, 15) is 13.6 Å². The highest BCUT2D eigenvalue weighted by atomic mass is 19.2. The number of aliphatic carboxylic acids is 1. The summed E-state index contributed by atoms with van der Waals surface area (Å²) in [4.78, 5) is 10.3. The molecule has 92 valence electrons. The maximum absolute atomic E-state index is 13.0. The van der Waals surface area contributed by atoms with Gasteiger partial charge in [0.05, 0.1) is 12.4 Å². The van der Waals surface area contributed by atoms with Gasteiger partial charge in [-0.2, -0.15) is 0 Å². The van der Waals surface area contributed by atoms with Gasteiger partial charge in [0.1, 0.15) is 11.9 Å². The van der Waals surface area contributed by atoms with Crippen LogP contribution in [0.4, 0.5) is 8.78 Å². The number of hydrogen-bond acceptors (Lipinski definition) is 3. The van der Waals surface area contributed by atoms with Gasteiger partial charge >= 0.3 is 5.97 Å². The van der Waals surface area contributed by atoms with E-state index in [-0.39, 0.29) is 18.7 Å². The van der Waals surface area contributed by atoms with Crippen LogP contribution in [0.2, 0.25) is 0 Å². The Morgan fingerprint density at radius 2 is 2.06 bits per heavy atom. The molecule has 0 aliphatic rings. The first-order chi connectivity index (χ1) is 7.34. The largest absolute Gasteiger partial charge is 0.480 e. The molecule has 0 bridgehead atoms. The number of carboxylic acids is 1. The third-order valence-electron chi connectivity index (χ3n) is 1.80. The molecule has 0 saturated heterocycles. The Kier molecular flexibility index (Phi) is 6.24. The quantitative estimate of drug-likeness (QED) is 0.406. The molecule has 1 atom stereocenters. The summed E-state index contributed by atoms with van der Waals surface area (Å²) in [6.45, 7) is 0.981. The second-order valence-electron chi connectivity index (χ2n) is 3.27. The highest BCUT2D eigenvalue weighted by molar-refractivity contribution is 5.76. The fraction of sp³-hybridized carbons (Fsp3) is 0.556. The highest BCUT2D eigenvalue weighted by Crippen LogP contribution is 2.14. The minimum absolute atomic E-state index is 0.0187. The van der Waals surface area contributed by atoms with E-state index in [1.807, 2.05) is 0 Å². The van der Waals surface area contributed by atoms with Crippen LogP contribution >= 0.6 is 0 Å². The van der Waals surface area contributed by atoms with E-state index >= 15 is 0 Å². The van der Waals surface area contributed by atoms with E-state index in [4.69, 9.17) is 16.2 Å². The van der Waals surface area contributed by atoms with Crippen LogP contribution in [-0.2, 0) is 4.79 Å². The van der Waals surface area contributed by atoms with Gasteiger partial charge in [0.15, 0.2) is 5.83 Å². The second-order valence-corrected chi connectivity index (χ2v) is 3.27. The molecule has 0 rings (SSSR count). The number of nitrogens with two attached hydrogens (primary N) is 1. The van der Waals surface area contributed by atoms with E-state index in [1.165, 1.54) is 6.92 Å². The normalized spacial score (nSPS) is 14.0. The molecular weight excluding hydrogens is 220 g/mol. The van der Waals surface area contributed by atoms with Crippen molar-refractivity contribution in [2.45, 2.75) is 25.8 Å². The molecule has 7 heteroatoms. The molecule has 0 aromatic carbocycles. The number of halogens is 2. The fourth-order valence-electron chi connectivity index (χ4n) is 0.847. The third kappa shape index (κ3) is 6.07. The molecule has 0 aromatic heterocycles. The molecule has 0 aliphatic heterocycles. The van der Waals surface area contributed by atoms with Gasteiger partial charge in [-0.15, -0.1) is 0 Å². The molecule has 0 spiro atoms. The SMILES string of the molecule is CC(=N)NC/C(F)=C(\F)CC[C@H](N)C(=O)O. The lowest BCUT2D eigenvalue weighted by Crippen LogP contribution is -2.29. The number of rotatable bonds is 6. The average molecular weight is 235 g/mol. The molecular formula is C9H15F2N3O2. The maximum atomic E-state index is 13.0. The van der Waals surface area contributed by atoms with Crippen LogP contribution in [0.25, 0.3) is 0 Å². The van der Waals surface area contributed by atoms with Crippen molar-refractivity contribution in [1.82, 2.24) is 5.32 Å². The Morgan fingerprint density at radius 3 is 2.50 bits per heavy atom. The Hall–Kier alpha value is -1.50. The van der Waals surface area contributed by atoms with Gasteiger partial charge in [0.25, 0.3) is 0 Å². The van der Waals surface area contributed by atoms with Gasteiger partial charge in [0.2, 0.25) is 0 Å². The van der Waals surface area contributed by atoms with Crippen molar-refractivity contribution >= 4 is 11.8 Å². The summed E-state index contributed by atoms with van der Waals surface area (Å²) < 4.78 is 26.0. The Bertz CT molecular complexity index is 305. The van der Waals surface area contributed by atoms with Crippen molar-refractivity contribution in [1.29, 1.82) is 5.41 Å². The van der Waals surface area contributed by atoms with Crippen LogP contribution < -0.4 is 11.1 Å². The van der Waals surface area contributed by atoms with Crippen molar-refractivity contribution in [3.8, 4) is 0 Å². The van der Waals surface area contributed by atoms with Crippen molar-refractivity contribution < 1.29 is 18.7 Å². The van der Waals surface area contributed by atoms with Crippen LogP contribution in [0.5, 0.6) is 0 Å². The predicted molar refractivity (Wildman–Crippen MR) is 55.5 cm³/mol. The molecule has 0 aromatic rings. The van der Waals surface area contributed by atoms with Gasteiger partial charge < -0.3 is 16.2 Å². The molecule has 0 fully saturated rings. The Labute approximate surface area is 91.8 Å². The zero-order valence-electron chi connectivity index (χ0n) is 8.89. The second kappa shape index (κ2) is 6.89. The number of hydrogen-bond donors (Lipinski definition) is 4. The van der Waals surface area contributed by atoms with E-state index in [2.05, 4.69) is 5.32 Å². The van der Waals surface area contributed by atoms with Gasteiger partial charge in [-0.05, 0) is 13.3 Å². The molecule has 16 heavy (non-hydrogen) atoms. The number of allylic oxidation sites excluding steroid dienone is 1. The van der Waals surface area contributed by atoms with Crippen LogP contribution in [-0.4, -0.2) is 29.5 Å². The van der Waals surface area contributed by atoms with Crippen molar-refractivity contribution in [3.05, 3.63) is 11.7 Å². The summed E-state index contributed by atoms with van der Waals surface area (Å²) in [5, 5.41) is 17.6. The van der Waals surface area contributed by atoms with Gasteiger partial charge in [-0.3, -0.25) is 10.2 Å². The zero-order chi connectivity index (χ0) is 12.7. The summed E-state index contributed by atoms with van der Waals surface area (Å²) in [5.41, 5.74) is 5.13. The topological polar surface area (TPSA) is 99.2 Å². The number of carboxylic acid groups (broad SMARTS) is 1. The van der Waals surface area contributed by atoms with E-state index in [0.29, 0.717) is 0 Å². The number of carbonyl (C=O) groups is 1. The highest BCUT2D eigenvalue weighted by Gasteiger charge is 2.14. The smallest absolute Gasteiger partial charge is 0.320 e. The van der Waals surface area contributed by atoms with E-state index in [1.54, 1.807) is 0 Å². The summed E-state index contributed by atoms with van der Waals surface area (Å²) in [7, 11) is 0. The zero-order valence-corrected chi connectivity index (χ0v) is 8.89. The molecule has 0 unspecified atom stereocenters. The first-order valence-corrected chi connectivity index (χ1v) is 4.65. The molecule has 0 amide bonds. The van der Waals surface area contributed by atoms with Crippen LogP contribution in [0.3, 0.4) is 0 Å². The third-order valence-corrected chi connectivity index (χ3v) is 1.80. The lowest BCUT2D eigenvalue weighted by Gasteiger charge is -2.06. The lowest BCUT2D eigenvalue weighted by molar-refractivity contribution is -0.138. The summed E-state index contributed by atoms with van der Waals surface area (Å²) in [5.74, 6) is -3.30. The summed E-state index contributed by atoms with van der Waals surface area (Å²) in [6.07, 6.45) is -0.532. The molecule has 5 N–H and O–H groups in total. The standard InChI is InChI=1S/C9H15F2N3O2/c1-5(12)14-4-7(11)6(10)2-3-8(13)9(15)16/h8H,2-4,13H2,1H3,(H2,12,14)(H,15,16)/b7-6+/t8-/m0/s1. The first-order valence-electron chi connectivity index (χ1n) is 4.65. The minimum atomic E-state index is -1.25. The average Bonchev–Trinajstić information content (AvgIpc) is 2.21. The van der Waals surface area contributed by atoms with Crippen molar-refractivity contribution in [3.63, 3.8) is 0 Å². The monoisotopic (exact) mass is 235 g/mol. The number of amidine groups is 1. The van der Waals surface area contributed by atoms with Gasteiger partial charge in [-0.1, -0.05) is 0 Å². The van der Waals surface area contributed by atoms with Crippen LogP contribution in [0.15, 0.2) is 11.7 Å². The Balaban J connectivity index is 4.10. The lowest BCUT2D eigenvalue weighted by atomic mass is 10.1. The number of nitrogens with one attached hydrogen (secondary N) is 2. The van der Waals surface area contributed by atoms with Crippen molar-refractivity contribution in [2.75, 3.05) is 6.54 Å². The molecule has 5 nitrogen and oxygen atoms in total. The molecule has 0 aliphatic carbocycles. The minimum Gasteiger partial charge on any atom is -0.480 e. The maximum Gasteiger partial charge on any atom is 0.320 e. The predicted octanol–water partition coefficient (Wildman–Crippen LogP) is 0.916. The fourth-order valence-corrected chi connectivity index (χ4v) is 0.847. The van der Waals surface area contributed by atoms with Crippen molar-refractivity contribution in [2.24, 2.45) is 5.73 Å². The summed E-state index contributed by atoms with van der Waals surface area (Å²) >= 11 is 0. The molecule has 0 heterocycles. The van der Waals surface area contributed by atoms with Gasteiger partial charge in [-0.25, -0.2) is 8.78 Å². The van der Waals surface area contributed by atoms with Crippen LogP contribution in [0, 0.1) is 5.41 Å². The van der Waals surface area contributed by atoms with Crippen LogP contribution in [0.1, 0.15) is 19.8 Å². The van der Waals surface area contributed by atoms with E-state index in [0.717, 1.165) is 0 Å². The van der Waals surface area contributed by atoms with E-state index < -0.39 is 30.2 Å². The summed E-state index contributed by atoms with van der Waals surface area (Å²) in [6, 6.07) is -1.20. The Morgan fingerprint density at radius 1 is 1.50 bits per heavy atom. The first kappa shape index (κ1) is 14.5.